The first-order valence-corrected chi connectivity index (χ1v) is 12.1. The van der Waals surface area contributed by atoms with Gasteiger partial charge in [-0.1, -0.05) is 23.7 Å². The van der Waals surface area contributed by atoms with Crippen molar-refractivity contribution in [2.45, 2.75) is 12.5 Å². The molecule has 10 heteroatoms. The maximum Gasteiger partial charge on any atom is 0.295 e. The number of hydrogen-bond acceptors (Lipinski definition) is 6. The molecule has 38 heavy (non-hydrogen) atoms. The molecular weight excluding hydrogens is 510 g/mol. The average Bonchev–Trinajstić information content (AvgIpc) is 3.44. The highest BCUT2D eigenvalue weighted by Gasteiger charge is 2.47. The van der Waals surface area contributed by atoms with E-state index in [4.69, 9.17) is 16.3 Å². The monoisotopic (exact) mass is 531 g/mol. The smallest absolute Gasteiger partial charge is 0.295 e. The summed E-state index contributed by atoms with van der Waals surface area (Å²) in [7, 11) is 1.57. The Morgan fingerprint density at radius 3 is 2.58 bits per heavy atom. The molecule has 1 amide bonds. The number of Topliss-reactive ketones (excluding diaryl/α,β-unsaturated/α-hetero) is 1. The van der Waals surface area contributed by atoms with Crippen molar-refractivity contribution in [3.05, 3.63) is 110 Å². The number of benzene rings is 3. The van der Waals surface area contributed by atoms with Crippen molar-refractivity contribution in [2.75, 3.05) is 13.7 Å². The number of aromatic nitrogens is 1. The zero-order valence-corrected chi connectivity index (χ0v) is 20.9. The molecule has 1 atom stereocenters. The third-order valence-electron chi connectivity index (χ3n) is 6.68. The highest BCUT2D eigenvalue weighted by molar-refractivity contribution is 6.46. The van der Waals surface area contributed by atoms with E-state index in [1.54, 1.807) is 13.2 Å². The zero-order valence-electron chi connectivity index (χ0n) is 20.2. The lowest BCUT2D eigenvalue weighted by atomic mass is 9.94. The zero-order chi connectivity index (χ0) is 27.0. The molecule has 2 N–H and O–H groups in total. The first kappa shape index (κ1) is 25.0. The van der Waals surface area contributed by atoms with Crippen molar-refractivity contribution >= 4 is 45.6 Å². The fourth-order valence-electron chi connectivity index (χ4n) is 4.81. The highest BCUT2D eigenvalue weighted by atomic mass is 35.5. The Bertz CT molecular complexity index is 1610. The first-order chi connectivity index (χ1) is 18.3. The number of amides is 1. The molecule has 5 rings (SSSR count). The summed E-state index contributed by atoms with van der Waals surface area (Å²) in [4.78, 5) is 42.4. The van der Waals surface area contributed by atoms with Gasteiger partial charge in [-0.15, -0.1) is 0 Å². The summed E-state index contributed by atoms with van der Waals surface area (Å²) in [6.07, 6.45) is 2.16. The summed E-state index contributed by atoms with van der Waals surface area (Å²) in [6.45, 7) is 0.0723. The molecule has 1 fully saturated rings. The maximum atomic E-state index is 13.3. The minimum Gasteiger partial charge on any atom is -0.507 e. The molecule has 4 aromatic rings. The van der Waals surface area contributed by atoms with E-state index in [0.717, 1.165) is 16.5 Å². The molecule has 0 radical (unpaired) electrons. The molecule has 1 aliphatic heterocycles. The van der Waals surface area contributed by atoms with Crippen molar-refractivity contribution in [1.29, 1.82) is 0 Å². The number of ketones is 1. The number of carbonyl (C=O) groups is 2. The molecule has 2 heterocycles. The van der Waals surface area contributed by atoms with Crippen molar-refractivity contribution in [1.82, 2.24) is 9.88 Å². The molecule has 1 unspecified atom stereocenters. The normalized spacial score (nSPS) is 16.8. The van der Waals surface area contributed by atoms with E-state index in [1.807, 2.05) is 24.4 Å². The largest absolute Gasteiger partial charge is 0.507 e. The summed E-state index contributed by atoms with van der Waals surface area (Å²) in [5.41, 5.74) is 1.67. The third kappa shape index (κ3) is 4.37. The van der Waals surface area contributed by atoms with Crippen LogP contribution >= 0.6 is 11.6 Å². The third-order valence-corrected chi connectivity index (χ3v) is 6.93. The van der Waals surface area contributed by atoms with Gasteiger partial charge in [0.1, 0.15) is 11.5 Å². The summed E-state index contributed by atoms with van der Waals surface area (Å²) in [5.74, 6) is -1.52. The van der Waals surface area contributed by atoms with Crippen LogP contribution in [0.5, 0.6) is 5.75 Å². The number of nitrogens with zero attached hydrogens (tertiary/aromatic N) is 2. The summed E-state index contributed by atoms with van der Waals surface area (Å²) in [6, 6.07) is 16.4. The van der Waals surface area contributed by atoms with E-state index in [9.17, 15) is 24.8 Å². The molecule has 9 nitrogen and oxygen atoms in total. The predicted octanol–water partition coefficient (Wildman–Crippen LogP) is 5.40. The quantitative estimate of drug-likeness (QED) is 0.108. The predicted molar refractivity (Wildman–Crippen MR) is 142 cm³/mol. The minimum absolute atomic E-state index is 0.0723. The lowest BCUT2D eigenvalue weighted by molar-refractivity contribution is -0.385. The number of methoxy groups -OCH3 is 1. The lowest BCUT2D eigenvalue weighted by Gasteiger charge is -2.25. The number of aliphatic hydroxyl groups excluding tert-OH is 1. The van der Waals surface area contributed by atoms with Gasteiger partial charge in [0.15, 0.2) is 0 Å². The van der Waals surface area contributed by atoms with Crippen LogP contribution in [0.4, 0.5) is 5.69 Å². The second kappa shape index (κ2) is 10.0. The Balaban J connectivity index is 1.60. The van der Waals surface area contributed by atoms with Crippen LogP contribution in [0.2, 0.25) is 5.02 Å². The van der Waals surface area contributed by atoms with Gasteiger partial charge in [0, 0.05) is 40.3 Å². The lowest BCUT2D eigenvalue weighted by Crippen LogP contribution is -2.32. The first-order valence-electron chi connectivity index (χ1n) is 11.7. The van der Waals surface area contributed by atoms with Crippen molar-refractivity contribution in [2.24, 2.45) is 0 Å². The molecule has 0 aliphatic carbocycles. The average molecular weight is 532 g/mol. The maximum absolute atomic E-state index is 13.3. The SMILES string of the molecule is COc1ccc2[nH]cc(CCN3C(=O)C(=O)/C(=C(\O)c4ccc(Cl)cc4)C3c3ccccc3[N+](=O)[O-])c2c1. The summed E-state index contributed by atoms with van der Waals surface area (Å²) >= 11 is 5.97. The van der Waals surface area contributed by atoms with Gasteiger partial charge in [-0.05, 0) is 60.5 Å². The van der Waals surface area contributed by atoms with Crippen LogP contribution in [0.15, 0.2) is 78.5 Å². The Morgan fingerprint density at radius 1 is 1.13 bits per heavy atom. The number of aromatic amines is 1. The molecule has 0 saturated carbocycles. The van der Waals surface area contributed by atoms with Gasteiger partial charge in [-0.2, -0.15) is 0 Å². The summed E-state index contributed by atoms with van der Waals surface area (Å²) < 4.78 is 5.33. The Hall–Kier alpha value is -4.63. The second-order valence-electron chi connectivity index (χ2n) is 8.79. The summed E-state index contributed by atoms with van der Waals surface area (Å²) in [5, 5.41) is 24.4. The molecule has 1 aromatic heterocycles. The molecule has 0 spiro atoms. The number of fused-ring (bicyclic) bond motifs is 1. The number of carbonyl (C=O) groups excluding carboxylic acids is 2. The number of nitro groups is 1. The van der Waals surface area contributed by atoms with Gasteiger partial charge >= 0.3 is 0 Å². The standard InChI is InChI=1S/C28H22ClN3O6/c1-38-19-10-11-22-21(14-19)17(15-30-22)12-13-31-25(20-4-2-3-5-23(20)32(36)37)24(27(34)28(31)35)26(33)16-6-8-18(29)9-7-16/h2-11,14-15,25,30,33H,12-13H2,1H3/b26-24-. The minimum atomic E-state index is -1.16. The molecule has 3 aromatic carbocycles. The van der Waals surface area contributed by atoms with E-state index in [1.165, 1.54) is 47.4 Å². The van der Waals surface area contributed by atoms with Crippen LogP contribution in [-0.4, -0.2) is 45.3 Å². The number of H-pyrrole nitrogens is 1. The van der Waals surface area contributed by atoms with Crippen LogP contribution in [-0.2, 0) is 16.0 Å². The number of rotatable bonds is 7. The van der Waals surface area contributed by atoms with E-state index in [0.29, 0.717) is 17.2 Å². The Morgan fingerprint density at radius 2 is 1.87 bits per heavy atom. The number of aliphatic hydroxyl groups is 1. The number of nitro benzene ring substituents is 1. The molecular formula is C28H22ClN3O6. The van der Waals surface area contributed by atoms with Crippen LogP contribution in [0.25, 0.3) is 16.7 Å². The number of hydrogen-bond donors (Lipinski definition) is 2. The van der Waals surface area contributed by atoms with Crippen LogP contribution in [0.1, 0.15) is 22.7 Å². The van der Waals surface area contributed by atoms with Crippen molar-refractivity contribution in [3.63, 3.8) is 0 Å². The number of nitrogens with one attached hydrogen (secondary N) is 1. The second-order valence-corrected chi connectivity index (χ2v) is 9.23. The number of halogens is 1. The fourth-order valence-corrected chi connectivity index (χ4v) is 4.94. The van der Waals surface area contributed by atoms with Gasteiger partial charge < -0.3 is 19.7 Å². The number of ether oxygens (including phenoxy) is 1. The van der Waals surface area contributed by atoms with Gasteiger partial charge in [-0.25, -0.2) is 0 Å². The van der Waals surface area contributed by atoms with Gasteiger partial charge in [-0.3, -0.25) is 19.7 Å². The van der Waals surface area contributed by atoms with Crippen LogP contribution < -0.4 is 4.74 Å². The Kier molecular flexibility index (Phi) is 6.61. The van der Waals surface area contributed by atoms with Gasteiger partial charge in [0.2, 0.25) is 0 Å². The Labute approximate surface area is 222 Å². The van der Waals surface area contributed by atoms with Gasteiger partial charge in [0.05, 0.1) is 29.2 Å². The van der Waals surface area contributed by atoms with Crippen molar-refractivity contribution in [3.8, 4) is 5.75 Å². The molecule has 1 aliphatic rings. The number of para-hydroxylation sites is 1. The van der Waals surface area contributed by atoms with E-state index < -0.39 is 28.4 Å². The molecule has 192 valence electrons. The molecule has 1 saturated heterocycles. The van der Waals surface area contributed by atoms with E-state index in [-0.39, 0.29) is 28.9 Å². The highest BCUT2D eigenvalue weighted by Crippen LogP contribution is 2.42. The van der Waals surface area contributed by atoms with Gasteiger partial charge in [0.25, 0.3) is 17.4 Å². The number of likely N-dealkylation sites (tertiary alicyclic amines) is 1. The fraction of sp³-hybridized carbons (Fsp3) is 0.143. The molecule has 0 bridgehead atoms. The van der Waals surface area contributed by atoms with Crippen molar-refractivity contribution < 1.29 is 24.4 Å². The van der Waals surface area contributed by atoms with E-state index >= 15 is 0 Å². The van der Waals surface area contributed by atoms with Crippen LogP contribution in [0.3, 0.4) is 0 Å². The van der Waals surface area contributed by atoms with E-state index in [2.05, 4.69) is 4.98 Å². The van der Waals surface area contributed by atoms with Crippen LogP contribution in [0, 0.1) is 10.1 Å². The topological polar surface area (TPSA) is 126 Å².